The molecule has 0 aromatic carbocycles. The minimum Gasteiger partial charge on any atom is -0.303 e. The molecule has 0 radical (unpaired) electrons. The van der Waals surface area contributed by atoms with Gasteiger partial charge in [0.2, 0.25) is 0 Å². The van der Waals surface area contributed by atoms with Crippen LogP contribution in [0.15, 0.2) is 36.7 Å². The van der Waals surface area contributed by atoms with E-state index in [4.69, 9.17) is 0 Å². The molecule has 19 heavy (non-hydrogen) atoms. The second-order valence-electron chi connectivity index (χ2n) is 5.26. The standard InChI is InChI=1S/C15H22N4/c1-12(2)10-15(14-6-4-5-8-16-14)17-11-13-7-9-18-19(13)3/h4-9,12,15,17H,10-11H2,1-3H3/t15-/m1/s1. The molecule has 0 spiro atoms. The molecule has 0 bridgehead atoms. The predicted octanol–water partition coefficient (Wildman–Crippen LogP) is 2.69. The maximum Gasteiger partial charge on any atom is 0.0573 e. The number of nitrogens with one attached hydrogen (secondary N) is 1. The zero-order valence-electron chi connectivity index (χ0n) is 11.9. The van der Waals surface area contributed by atoms with Gasteiger partial charge in [-0.15, -0.1) is 0 Å². The summed E-state index contributed by atoms with van der Waals surface area (Å²) in [7, 11) is 1.97. The SMILES string of the molecule is CC(C)C[C@@H](NCc1ccnn1C)c1ccccn1. The number of rotatable bonds is 6. The van der Waals surface area contributed by atoms with Gasteiger partial charge in [-0.3, -0.25) is 9.67 Å². The van der Waals surface area contributed by atoms with Gasteiger partial charge in [-0.2, -0.15) is 5.10 Å². The first kappa shape index (κ1) is 13.7. The molecule has 0 saturated heterocycles. The molecule has 0 saturated carbocycles. The van der Waals surface area contributed by atoms with Crippen LogP contribution in [0.5, 0.6) is 0 Å². The maximum absolute atomic E-state index is 4.47. The van der Waals surface area contributed by atoms with Crippen LogP contribution in [0.4, 0.5) is 0 Å². The summed E-state index contributed by atoms with van der Waals surface area (Å²) >= 11 is 0. The van der Waals surface area contributed by atoms with Crippen molar-refractivity contribution in [2.75, 3.05) is 0 Å². The first-order valence-corrected chi connectivity index (χ1v) is 6.78. The van der Waals surface area contributed by atoms with Crippen LogP contribution in [0, 0.1) is 5.92 Å². The molecule has 1 N–H and O–H groups in total. The van der Waals surface area contributed by atoms with Crippen molar-refractivity contribution in [3.8, 4) is 0 Å². The molecule has 0 aliphatic rings. The van der Waals surface area contributed by atoms with Crippen LogP contribution in [-0.4, -0.2) is 14.8 Å². The van der Waals surface area contributed by atoms with Crippen molar-refractivity contribution in [2.45, 2.75) is 32.9 Å². The fourth-order valence-electron chi connectivity index (χ4n) is 2.16. The lowest BCUT2D eigenvalue weighted by atomic mass is 10.0. The van der Waals surface area contributed by atoms with E-state index >= 15 is 0 Å². The fraction of sp³-hybridized carbons (Fsp3) is 0.467. The quantitative estimate of drug-likeness (QED) is 0.866. The Bertz CT molecular complexity index is 490. The molecule has 2 aromatic rings. The molecule has 2 heterocycles. The van der Waals surface area contributed by atoms with Gasteiger partial charge in [0, 0.05) is 26.0 Å². The highest BCUT2D eigenvalue weighted by Gasteiger charge is 2.14. The van der Waals surface area contributed by atoms with Gasteiger partial charge in [0.25, 0.3) is 0 Å². The van der Waals surface area contributed by atoms with E-state index in [-0.39, 0.29) is 6.04 Å². The summed E-state index contributed by atoms with van der Waals surface area (Å²) in [5.74, 6) is 0.631. The van der Waals surface area contributed by atoms with Gasteiger partial charge in [0.1, 0.15) is 0 Å². The highest BCUT2D eigenvalue weighted by atomic mass is 15.3. The summed E-state index contributed by atoms with van der Waals surface area (Å²) in [6.07, 6.45) is 4.76. The topological polar surface area (TPSA) is 42.7 Å². The van der Waals surface area contributed by atoms with Gasteiger partial charge in [-0.25, -0.2) is 0 Å². The van der Waals surface area contributed by atoms with E-state index in [0.717, 1.165) is 18.7 Å². The van der Waals surface area contributed by atoms with Gasteiger partial charge in [0.05, 0.1) is 17.4 Å². The van der Waals surface area contributed by atoms with E-state index < -0.39 is 0 Å². The van der Waals surface area contributed by atoms with Crippen molar-refractivity contribution in [3.05, 3.63) is 48.0 Å². The van der Waals surface area contributed by atoms with Crippen molar-refractivity contribution < 1.29 is 0 Å². The van der Waals surface area contributed by atoms with E-state index in [1.807, 2.05) is 42.3 Å². The van der Waals surface area contributed by atoms with Crippen LogP contribution in [0.3, 0.4) is 0 Å². The molecule has 2 aromatic heterocycles. The lowest BCUT2D eigenvalue weighted by Gasteiger charge is -2.20. The summed E-state index contributed by atoms with van der Waals surface area (Å²) in [5.41, 5.74) is 2.29. The van der Waals surface area contributed by atoms with E-state index in [9.17, 15) is 0 Å². The molecule has 0 unspecified atom stereocenters. The molecular weight excluding hydrogens is 236 g/mol. The lowest BCUT2D eigenvalue weighted by Crippen LogP contribution is -2.24. The Morgan fingerprint density at radius 3 is 2.63 bits per heavy atom. The minimum atomic E-state index is 0.288. The molecule has 2 rings (SSSR count). The number of hydrogen-bond donors (Lipinski definition) is 1. The van der Waals surface area contributed by atoms with Gasteiger partial charge in [-0.05, 0) is 30.5 Å². The molecule has 4 heteroatoms. The monoisotopic (exact) mass is 258 g/mol. The molecule has 0 amide bonds. The van der Waals surface area contributed by atoms with Gasteiger partial charge >= 0.3 is 0 Å². The number of pyridine rings is 1. The third-order valence-corrected chi connectivity index (χ3v) is 3.20. The minimum absolute atomic E-state index is 0.288. The van der Waals surface area contributed by atoms with Crippen LogP contribution in [0.2, 0.25) is 0 Å². The number of hydrogen-bond acceptors (Lipinski definition) is 3. The highest BCUT2D eigenvalue weighted by Crippen LogP contribution is 2.19. The predicted molar refractivity (Wildman–Crippen MR) is 76.5 cm³/mol. The smallest absolute Gasteiger partial charge is 0.0573 e. The van der Waals surface area contributed by atoms with E-state index in [2.05, 4.69) is 35.3 Å². The maximum atomic E-state index is 4.47. The van der Waals surface area contributed by atoms with Gasteiger partial charge in [0.15, 0.2) is 0 Å². The summed E-state index contributed by atoms with van der Waals surface area (Å²) in [6, 6.07) is 8.41. The summed E-state index contributed by atoms with van der Waals surface area (Å²) in [6.45, 7) is 5.29. The molecular formula is C15H22N4. The van der Waals surface area contributed by atoms with Crippen molar-refractivity contribution in [1.82, 2.24) is 20.1 Å². The first-order chi connectivity index (χ1) is 9.16. The van der Waals surface area contributed by atoms with E-state index in [1.165, 1.54) is 5.69 Å². The third-order valence-electron chi connectivity index (χ3n) is 3.20. The molecule has 4 nitrogen and oxygen atoms in total. The van der Waals surface area contributed by atoms with Gasteiger partial charge < -0.3 is 5.32 Å². The van der Waals surface area contributed by atoms with Crippen molar-refractivity contribution in [1.29, 1.82) is 0 Å². The largest absolute Gasteiger partial charge is 0.303 e. The van der Waals surface area contributed by atoms with Crippen LogP contribution >= 0.6 is 0 Å². The fourth-order valence-corrected chi connectivity index (χ4v) is 2.16. The average Bonchev–Trinajstić information content (AvgIpc) is 2.81. The van der Waals surface area contributed by atoms with Crippen molar-refractivity contribution >= 4 is 0 Å². The lowest BCUT2D eigenvalue weighted by molar-refractivity contribution is 0.415. The number of nitrogens with zero attached hydrogens (tertiary/aromatic N) is 3. The summed E-state index contributed by atoms with van der Waals surface area (Å²) in [5, 5.41) is 7.78. The zero-order chi connectivity index (χ0) is 13.7. The summed E-state index contributed by atoms with van der Waals surface area (Å²) < 4.78 is 1.90. The van der Waals surface area contributed by atoms with E-state index in [1.54, 1.807) is 0 Å². The Kier molecular flexibility index (Phi) is 4.68. The van der Waals surface area contributed by atoms with Crippen molar-refractivity contribution in [3.63, 3.8) is 0 Å². The van der Waals surface area contributed by atoms with Crippen LogP contribution in [-0.2, 0) is 13.6 Å². The average molecular weight is 258 g/mol. The Labute approximate surface area is 114 Å². The Morgan fingerprint density at radius 2 is 2.05 bits per heavy atom. The Hall–Kier alpha value is -1.68. The van der Waals surface area contributed by atoms with Gasteiger partial charge in [-0.1, -0.05) is 19.9 Å². The van der Waals surface area contributed by atoms with Crippen LogP contribution in [0.25, 0.3) is 0 Å². The molecule has 0 fully saturated rings. The molecule has 102 valence electrons. The third kappa shape index (κ3) is 3.89. The van der Waals surface area contributed by atoms with Crippen LogP contribution < -0.4 is 5.32 Å². The first-order valence-electron chi connectivity index (χ1n) is 6.78. The zero-order valence-corrected chi connectivity index (χ0v) is 11.9. The van der Waals surface area contributed by atoms with Crippen LogP contribution in [0.1, 0.15) is 37.7 Å². The Balaban J connectivity index is 2.04. The Morgan fingerprint density at radius 1 is 1.21 bits per heavy atom. The molecule has 1 atom stereocenters. The van der Waals surface area contributed by atoms with Crippen molar-refractivity contribution in [2.24, 2.45) is 13.0 Å². The second-order valence-corrected chi connectivity index (χ2v) is 5.26. The second kappa shape index (κ2) is 6.48. The molecule has 0 aliphatic carbocycles. The summed E-state index contributed by atoms with van der Waals surface area (Å²) in [4.78, 5) is 4.47. The number of aromatic nitrogens is 3. The van der Waals surface area contributed by atoms with E-state index in [0.29, 0.717) is 5.92 Å². The highest BCUT2D eigenvalue weighted by molar-refractivity contribution is 5.09. The normalized spacial score (nSPS) is 12.8. The number of aryl methyl sites for hydroxylation is 1. The molecule has 0 aliphatic heterocycles.